The average Bonchev–Trinajstić information content (AvgIpc) is 1.00. The van der Waals surface area contributed by atoms with Crippen LogP contribution in [-0.4, -0.2) is 6.79 Å². The maximum absolute atomic E-state index is 8.00. The third kappa shape index (κ3) is 38.6. The van der Waals surface area contributed by atoms with Crippen molar-refractivity contribution in [3.05, 3.63) is 0 Å². The summed E-state index contributed by atoms with van der Waals surface area (Å²) < 4.78 is 0. The second-order valence-electron chi connectivity index (χ2n) is 0. The predicted octanol–water partition coefficient (Wildman–Crippen LogP) is -0.192. The first kappa shape index (κ1) is 35.3. The van der Waals surface area contributed by atoms with E-state index in [-0.39, 0.29) is 49.5 Å². The van der Waals surface area contributed by atoms with Crippen molar-refractivity contribution in [1.29, 1.82) is 0 Å². The van der Waals surface area contributed by atoms with Crippen molar-refractivity contribution in [3.63, 3.8) is 0 Å². The van der Waals surface area contributed by atoms with Gasteiger partial charge in [0.2, 0.25) is 0 Å². The van der Waals surface area contributed by atoms with Crippen molar-refractivity contribution in [2.75, 3.05) is 0 Å². The van der Waals surface area contributed by atoms with E-state index in [1.54, 1.807) is 0 Å². The molecule has 0 saturated heterocycles. The first-order chi connectivity index (χ1) is 1.00. The van der Waals surface area contributed by atoms with E-state index in [2.05, 4.69) is 0 Å². The van der Waals surface area contributed by atoms with Crippen LogP contribution in [0.2, 0.25) is 0 Å². The van der Waals surface area contributed by atoms with Crippen LogP contribution in [-0.2, 0) is 54.3 Å². The zero-order chi connectivity index (χ0) is 2.00. The van der Waals surface area contributed by atoms with Crippen LogP contribution in [0.3, 0.4) is 0 Å². The minimum absolute atomic E-state index is 0. The molecule has 0 rings (SSSR count). The van der Waals surface area contributed by atoms with E-state index in [9.17, 15) is 0 Å². The van der Waals surface area contributed by atoms with Crippen molar-refractivity contribution >= 4 is 6.79 Å². The van der Waals surface area contributed by atoms with Gasteiger partial charge in [-0.15, -0.1) is 0 Å². The molecule has 1 nitrogen and oxygen atoms in total. The summed E-state index contributed by atoms with van der Waals surface area (Å²) in [5.74, 6) is 0. The smallest absolute Gasteiger partial charge is 0.106 e. The largest absolute Gasteiger partial charge is 0.307 e. The van der Waals surface area contributed by atoms with Gasteiger partial charge in [0.15, 0.2) is 0 Å². The van der Waals surface area contributed by atoms with Gasteiger partial charge in [-0.1, -0.05) is 0 Å². The Morgan fingerprint density at radius 1 is 0.800 bits per heavy atom. The molecular formula is CH2Ni3O. The second-order valence-corrected chi connectivity index (χ2v) is 0. The van der Waals surface area contributed by atoms with Crippen LogP contribution in [0, 0.1) is 0 Å². The van der Waals surface area contributed by atoms with Crippen LogP contribution in [0.15, 0.2) is 0 Å². The van der Waals surface area contributed by atoms with Gasteiger partial charge in [0.1, 0.15) is 6.79 Å². The summed E-state index contributed by atoms with van der Waals surface area (Å²) in [5.41, 5.74) is 0. The molecule has 0 saturated carbocycles. The standard InChI is InChI=1S/CH2O.3Ni/c1-2;;;/h1H2;;;. The van der Waals surface area contributed by atoms with E-state index in [1.165, 1.54) is 0 Å². The minimum atomic E-state index is 0. The van der Waals surface area contributed by atoms with E-state index in [0.717, 1.165) is 0 Å². The van der Waals surface area contributed by atoms with Crippen LogP contribution in [0.25, 0.3) is 0 Å². The Kier molecular flexibility index (Phi) is 473. The molecule has 0 aliphatic heterocycles. The molecule has 4 heteroatoms. The Bertz CT molecular complexity index is 6.85. The molecule has 0 aliphatic rings. The molecule has 0 aromatic carbocycles. The van der Waals surface area contributed by atoms with Gasteiger partial charge < -0.3 is 4.79 Å². The molecule has 0 N–H and O–H groups in total. The summed E-state index contributed by atoms with van der Waals surface area (Å²) in [6, 6.07) is 0. The van der Waals surface area contributed by atoms with Crippen molar-refractivity contribution in [2.24, 2.45) is 0 Å². The Hall–Kier alpha value is 1.15. The summed E-state index contributed by atoms with van der Waals surface area (Å²) in [5, 5.41) is 0. The van der Waals surface area contributed by atoms with Gasteiger partial charge >= 0.3 is 0 Å². The molecule has 0 spiro atoms. The van der Waals surface area contributed by atoms with E-state index in [0.29, 0.717) is 0 Å². The summed E-state index contributed by atoms with van der Waals surface area (Å²) in [6.07, 6.45) is 0. The second kappa shape index (κ2) is 67.0. The third-order valence-corrected chi connectivity index (χ3v) is 0. The first-order valence-electron chi connectivity index (χ1n) is 0.289. The number of hydrogen-bond acceptors (Lipinski definition) is 1. The van der Waals surface area contributed by atoms with Crippen LogP contribution in [0.5, 0.6) is 0 Å². The van der Waals surface area contributed by atoms with Gasteiger partial charge in [-0.2, -0.15) is 0 Å². The predicted molar refractivity (Wildman–Crippen MR) is 7.12 cm³/mol. The van der Waals surface area contributed by atoms with E-state index in [4.69, 9.17) is 4.79 Å². The summed E-state index contributed by atoms with van der Waals surface area (Å²) in [4.78, 5) is 8.00. The van der Waals surface area contributed by atoms with Gasteiger partial charge in [-0.3, -0.25) is 0 Å². The Labute approximate surface area is 61.0 Å². The summed E-state index contributed by atoms with van der Waals surface area (Å²) >= 11 is 0. The molecule has 5 heavy (non-hydrogen) atoms. The van der Waals surface area contributed by atoms with Gasteiger partial charge in [0, 0.05) is 49.5 Å². The van der Waals surface area contributed by atoms with Crippen LogP contribution in [0.4, 0.5) is 0 Å². The fourth-order valence-corrected chi connectivity index (χ4v) is 0. The molecular weight excluding hydrogens is 204 g/mol. The number of carbonyl (C=O) groups excluding carboxylic acids is 1. The van der Waals surface area contributed by atoms with Crippen LogP contribution >= 0.6 is 0 Å². The number of rotatable bonds is 0. The van der Waals surface area contributed by atoms with Gasteiger partial charge in [0.05, 0.1) is 0 Å². The Morgan fingerprint density at radius 3 is 0.800 bits per heavy atom. The molecule has 0 aromatic rings. The fraction of sp³-hybridized carbons (Fsp3) is 0. The van der Waals surface area contributed by atoms with Gasteiger partial charge in [-0.25, -0.2) is 0 Å². The molecule has 0 aliphatic carbocycles. The molecule has 0 atom stereocenters. The molecule has 0 fully saturated rings. The van der Waals surface area contributed by atoms with Gasteiger partial charge in [0.25, 0.3) is 0 Å². The quantitative estimate of drug-likeness (QED) is 0.502. The normalized spacial score (nSPS) is 0.800. The molecule has 42 valence electrons. The van der Waals surface area contributed by atoms with Crippen molar-refractivity contribution in [3.8, 4) is 0 Å². The minimum Gasteiger partial charge on any atom is -0.307 e. The first-order valence-corrected chi connectivity index (χ1v) is 0.289. The maximum atomic E-state index is 8.00. The molecule has 0 radical (unpaired) electrons. The summed E-state index contributed by atoms with van der Waals surface area (Å²) in [7, 11) is 0. The van der Waals surface area contributed by atoms with Crippen molar-refractivity contribution < 1.29 is 54.3 Å². The topological polar surface area (TPSA) is 17.1 Å². The third-order valence-electron chi connectivity index (χ3n) is 0. The Morgan fingerprint density at radius 2 is 0.800 bits per heavy atom. The van der Waals surface area contributed by atoms with E-state index >= 15 is 0 Å². The van der Waals surface area contributed by atoms with E-state index in [1.807, 2.05) is 6.79 Å². The molecule has 0 unspecified atom stereocenters. The molecule has 0 bridgehead atoms. The van der Waals surface area contributed by atoms with Crippen molar-refractivity contribution in [1.82, 2.24) is 0 Å². The molecule has 0 amide bonds. The fourth-order valence-electron chi connectivity index (χ4n) is 0. The maximum Gasteiger partial charge on any atom is 0.106 e. The van der Waals surface area contributed by atoms with Crippen LogP contribution < -0.4 is 0 Å². The Balaban J connectivity index is -0.00000000167. The zero-order valence-electron chi connectivity index (χ0n) is 2.06. The number of carbonyl (C=O) groups is 1. The van der Waals surface area contributed by atoms with Crippen molar-refractivity contribution in [2.45, 2.75) is 0 Å². The monoisotopic (exact) mass is 204 g/mol. The molecule has 0 aromatic heterocycles. The van der Waals surface area contributed by atoms with E-state index < -0.39 is 0 Å². The zero-order valence-corrected chi connectivity index (χ0v) is 5.03. The molecule has 0 heterocycles. The number of hydrogen-bond donors (Lipinski definition) is 0. The SMILES string of the molecule is C=O.[Ni].[Ni].[Ni]. The average molecular weight is 206 g/mol. The summed E-state index contributed by atoms with van der Waals surface area (Å²) in [6.45, 7) is 2.00. The van der Waals surface area contributed by atoms with Crippen LogP contribution in [0.1, 0.15) is 0 Å². The van der Waals surface area contributed by atoms with Gasteiger partial charge in [-0.05, 0) is 0 Å².